The van der Waals surface area contributed by atoms with Crippen molar-refractivity contribution in [2.24, 2.45) is 0 Å². The maximum absolute atomic E-state index is 11.9. The lowest BCUT2D eigenvalue weighted by Gasteiger charge is -2.24. The molecule has 6 nitrogen and oxygen atoms in total. The van der Waals surface area contributed by atoms with Gasteiger partial charge in [0.25, 0.3) is 0 Å². The van der Waals surface area contributed by atoms with E-state index in [1.54, 1.807) is 14.2 Å². The number of benzene rings is 2. The number of methoxy groups -OCH3 is 2. The second-order valence-electron chi connectivity index (χ2n) is 9.91. The molecule has 2 aromatic carbocycles. The van der Waals surface area contributed by atoms with E-state index in [4.69, 9.17) is 23.7 Å². The number of carbonyl (C=O) groups excluding carboxylic acids is 1. The van der Waals surface area contributed by atoms with E-state index in [0.717, 1.165) is 36.1 Å². The van der Waals surface area contributed by atoms with Crippen LogP contribution in [0.1, 0.15) is 59.1 Å². The molecule has 2 aromatic rings. The van der Waals surface area contributed by atoms with E-state index in [9.17, 15) is 4.79 Å². The zero-order chi connectivity index (χ0) is 24.6. The van der Waals surface area contributed by atoms with Gasteiger partial charge in [0.05, 0.1) is 14.2 Å². The Hall–Kier alpha value is -2.89. The Balaban J connectivity index is 2.03. The summed E-state index contributed by atoms with van der Waals surface area (Å²) in [5.74, 6) is 2.41. The van der Waals surface area contributed by atoms with Crippen molar-refractivity contribution in [1.82, 2.24) is 0 Å². The third kappa shape index (κ3) is 9.24. The molecule has 2 rings (SSSR count). The summed E-state index contributed by atoms with van der Waals surface area (Å²) in [6.45, 7) is 11.5. The number of aryl methyl sites for hydroxylation is 2. The molecule has 0 fully saturated rings. The summed E-state index contributed by atoms with van der Waals surface area (Å²) in [6.07, 6.45) is 2.58. The van der Waals surface area contributed by atoms with Gasteiger partial charge >= 0.3 is 5.97 Å². The summed E-state index contributed by atoms with van der Waals surface area (Å²) in [4.78, 5) is 11.9. The average molecular weight is 459 g/mol. The summed E-state index contributed by atoms with van der Waals surface area (Å²) in [7, 11) is 3.25. The molecule has 0 radical (unpaired) electrons. The van der Waals surface area contributed by atoms with Crippen LogP contribution >= 0.6 is 0 Å². The highest BCUT2D eigenvalue weighted by Crippen LogP contribution is 2.37. The molecule has 182 valence electrons. The zero-order valence-corrected chi connectivity index (χ0v) is 21.2. The maximum atomic E-state index is 11.9. The number of ether oxygens (including phenoxy) is 5. The largest absolute Gasteiger partial charge is 0.493 e. The van der Waals surface area contributed by atoms with Crippen LogP contribution in [-0.2, 0) is 22.4 Å². The molecule has 0 aliphatic carbocycles. The van der Waals surface area contributed by atoms with Gasteiger partial charge in [0.1, 0.15) is 22.7 Å². The highest BCUT2D eigenvalue weighted by Gasteiger charge is 2.19. The van der Waals surface area contributed by atoms with Crippen LogP contribution in [0, 0.1) is 0 Å². The Morgan fingerprint density at radius 2 is 1.48 bits per heavy atom. The minimum absolute atomic E-state index is 0.111. The zero-order valence-electron chi connectivity index (χ0n) is 21.2. The minimum atomic E-state index is -0.526. The number of rotatable bonds is 10. The van der Waals surface area contributed by atoms with Crippen LogP contribution in [0.4, 0.5) is 0 Å². The van der Waals surface area contributed by atoms with Gasteiger partial charge in [0.2, 0.25) is 0 Å². The van der Waals surface area contributed by atoms with Gasteiger partial charge in [-0.05, 0) is 90.1 Å². The highest BCUT2D eigenvalue weighted by atomic mass is 16.6. The Morgan fingerprint density at radius 1 is 0.818 bits per heavy atom. The average Bonchev–Trinajstić information content (AvgIpc) is 2.71. The minimum Gasteiger partial charge on any atom is -0.493 e. The van der Waals surface area contributed by atoms with Gasteiger partial charge in [-0.25, -0.2) is 4.79 Å². The van der Waals surface area contributed by atoms with E-state index >= 15 is 0 Å². The standard InChI is InChI=1S/C27H38O6/c1-26(2,3)32-22-17-24(30-8)23(29-7)16-20(22)13-9-11-19-12-10-14-21(15-19)31-18-25(28)33-27(4,5)6/h10,12,14-17H,9,11,13,18H2,1-8H3. The van der Waals surface area contributed by atoms with Crippen LogP contribution in [0.2, 0.25) is 0 Å². The van der Waals surface area contributed by atoms with E-state index in [-0.39, 0.29) is 18.2 Å². The molecule has 6 heteroatoms. The second-order valence-corrected chi connectivity index (χ2v) is 9.91. The number of hydrogen-bond acceptors (Lipinski definition) is 6. The van der Waals surface area contributed by atoms with Crippen LogP contribution in [0.3, 0.4) is 0 Å². The van der Waals surface area contributed by atoms with Crippen molar-refractivity contribution in [3.63, 3.8) is 0 Å². The van der Waals surface area contributed by atoms with Crippen molar-refractivity contribution in [1.29, 1.82) is 0 Å². The molecule has 0 N–H and O–H groups in total. The van der Waals surface area contributed by atoms with Gasteiger partial charge in [0.15, 0.2) is 18.1 Å². The van der Waals surface area contributed by atoms with Gasteiger partial charge in [-0.15, -0.1) is 0 Å². The predicted octanol–water partition coefficient (Wildman–Crippen LogP) is 5.78. The first-order chi connectivity index (χ1) is 15.4. The number of esters is 1. The second kappa shape index (κ2) is 11.3. The normalized spacial score (nSPS) is 11.6. The lowest BCUT2D eigenvalue weighted by atomic mass is 10.0. The predicted molar refractivity (Wildman–Crippen MR) is 130 cm³/mol. The van der Waals surface area contributed by atoms with Crippen LogP contribution in [0.5, 0.6) is 23.0 Å². The molecule has 0 aliphatic heterocycles. The molecule has 0 spiro atoms. The smallest absolute Gasteiger partial charge is 0.344 e. The first-order valence-corrected chi connectivity index (χ1v) is 11.3. The Labute approximate surface area is 198 Å². The van der Waals surface area contributed by atoms with Crippen LogP contribution in [-0.4, -0.2) is 38.0 Å². The third-order valence-electron chi connectivity index (χ3n) is 4.57. The summed E-state index contributed by atoms with van der Waals surface area (Å²) in [6, 6.07) is 11.7. The van der Waals surface area contributed by atoms with Crippen LogP contribution in [0.15, 0.2) is 36.4 Å². The fourth-order valence-corrected chi connectivity index (χ4v) is 3.31. The van der Waals surface area contributed by atoms with E-state index in [1.807, 2.05) is 71.9 Å². The van der Waals surface area contributed by atoms with Gasteiger partial charge in [-0.2, -0.15) is 0 Å². The Kier molecular flexibility index (Phi) is 9.03. The van der Waals surface area contributed by atoms with Crippen molar-refractivity contribution in [2.45, 2.75) is 72.0 Å². The Morgan fingerprint density at radius 3 is 2.09 bits per heavy atom. The molecule has 0 unspecified atom stereocenters. The summed E-state index contributed by atoms with van der Waals surface area (Å²) < 4.78 is 28.0. The van der Waals surface area contributed by atoms with Crippen molar-refractivity contribution in [2.75, 3.05) is 20.8 Å². The number of hydrogen-bond donors (Lipinski definition) is 0. The molecular formula is C27H38O6. The van der Waals surface area contributed by atoms with Crippen molar-refractivity contribution >= 4 is 5.97 Å². The van der Waals surface area contributed by atoms with E-state index in [0.29, 0.717) is 17.2 Å². The third-order valence-corrected chi connectivity index (χ3v) is 4.57. The lowest BCUT2D eigenvalue weighted by Crippen LogP contribution is -2.27. The molecule has 0 aromatic heterocycles. The van der Waals surface area contributed by atoms with Crippen LogP contribution in [0.25, 0.3) is 0 Å². The van der Waals surface area contributed by atoms with Gasteiger partial charge in [-0.1, -0.05) is 12.1 Å². The molecule has 0 saturated carbocycles. The van der Waals surface area contributed by atoms with Crippen molar-refractivity contribution in [3.8, 4) is 23.0 Å². The molecule has 0 amide bonds. The highest BCUT2D eigenvalue weighted by molar-refractivity contribution is 5.71. The molecule has 0 saturated heterocycles. The monoisotopic (exact) mass is 458 g/mol. The van der Waals surface area contributed by atoms with Crippen LogP contribution < -0.4 is 18.9 Å². The first-order valence-electron chi connectivity index (χ1n) is 11.3. The van der Waals surface area contributed by atoms with E-state index in [2.05, 4.69) is 6.07 Å². The summed E-state index contributed by atoms with van der Waals surface area (Å²) >= 11 is 0. The van der Waals surface area contributed by atoms with Crippen molar-refractivity contribution in [3.05, 3.63) is 47.5 Å². The summed E-state index contributed by atoms with van der Waals surface area (Å²) in [5, 5.41) is 0. The fourth-order valence-electron chi connectivity index (χ4n) is 3.31. The van der Waals surface area contributed by atoms with E-state index in [1.165, 1.54) is 0 Å². The molecule has 33 heavy (non-hydrogen) atoms. The lowest BCUT2D eigenvalue weighted by molar-refractivity contribution is -0.157. The van der Waals surface area contributed by atoms with Gasteiger partial charge in [-0.3, -0.25) is 0 Å². The van der Waals surface area contributed by atoms with E-state index < -0.39 is 5.60 Å². The van der Waals surface area contributed by atoms with Gasteiger partial charge < -0.3 is 23.7 Å². The fraction of sp³-hybridized carbons (Fsp3) is 0.519. The molecule has 0 aliphatic rings. The molecule has 0 heterocycles. The van der Waals surface area contributed by atoms with Gasteiger partial charge in [0, 0.05) is 6.07 Å². The Bertz CT molecular complexity index is 921. The topological polar surface area (TPSA) is 63.2 Å². The van der Waals surface area contributed by atoms with Crippen molar-refractivity contribution < 1.29 is 28.5 Å². The SMILES string of the molecule is COc1cc(CCCc2cccc(OCC(=O)OC(C)(C)C)c2)c(OC(C)(C)C)cc1OC. The number of carbonyl (C=O) groups is 1. The quantitative estimate of drug-likeness (QED) is 0.421. The molecule has 0 bridgehead atoms. The molecular weight excluding hydrogens is 420 g/mol. The molecule has 0 atom stereocenters. The summed E-state index contributed by atoms with van der Waals surface area (Å²) in [5.41, 5.74) is 1.35. The maximum Gasteiger partial charge on any atom is 0.344 e. The first kappa shape index (κ1) is 26.4.